The molecule has 0 atom stereocenters. The molecular formula is C10H17NO2. The van der Waals surface area contributed by atoms with Crippen molar-refractivity contribution in [2.24, 2.45) is 0 Å². The number of rotatable bonds is 1. The highest BCUT2D eigenvalue weighted by atomic mass is 16.5. The van der Waals surface area contributed by atoms with Crippen molar-refractivity contribution < 1.29 is 4.52 Å². The molecule has 0 radical (unpaired) electrons. The van der Waals surface area contributed by atoms with E-state index < -0.39 is 0 Å². The normalized spacial score (nSPS) is 12.5. The lowest BCUT2D eigenvalue weighted by Crippen LogP contribution is -2.14. The lowest BCUT2D eigenvalue weighted by Gasteiger charge is -2.13. The summed E-state index contributed by atoms with van der Waals surface area (Å²) in [6.45, 7) is 9.93. The molecule has 1 rings (SSSR count). The van der Waals surface area contributed by atoms with Crippen molar-refractivity contribution in [3.05, 3.63) is 22.2 Å². The third-order valence-electron chi connectivity index (χ3n) is 1.88. The molecule has 1 aromatic rings. The minimum absolute atomic E-state index is 0.0556. The molecular weight excluding hydrogens is 166 g/mol. The molecule has 0 saturated heterocycles. The van der Waals surface area contributed by atoms with Gasteiger partial charge in [-0.1, -0.05) is 20.8 Å². The molecule has 0 unspecified atom stereocenters. The summed E-state index contributed by atoms with van der Waals surface area (Å²) >= 11 is 0. The summed E-state index contributed by atoms with van der Waals surface area (Å²) in [6.07, 6.45) is 0. The monoisotopic (exact) mass is 183 g/mol. The van der Waals surface area contributed by atoms with Gasteiger partial charge in [0.25, 0.3) is 5.56 Å². The van der Waals surface area contributed by atoms with Gasteiger partial charge < -0.3 is 4.52 Å². The fourth-order valence-electron chi connectivity index (χ4n) is 1.07. The molecule has 1 heterocycles. The van der Waals surface area contributed by atoms with Gasteiger partial charge in [-0.3, -0.25) is 4.79 Å². The Balaban J connectivity index is 3.18. The van der Waals surface area contributed by atoms with E-state index in [1.165, 1.54) is 4.74 Å². The average Bonchev–Trinajstić information content (AvgIpc) is 2.29. The van der Waals surface area contributed by atoms with E-state index in [0.29, 0.717) is 0 Å². The molecule has 0 aliphatic heterocycles. The lowest BCUT2D eigenvalue weighted by molar-refractivity contribution is 0.196. The van der Waals surface area contributed by atoms with Crippen molar-refractivity contribution in [2.45, 2.75) is 46.1 Å². The molecule has 74 valence electrons. The number of nitrogens with zero attached hydrogens (tertiary/aromatic N) is 1. The van der Waals surface area contributed by atoms with E-state index in [0.717, 1.165) is 5.76 Å². The quantitative estimate of drug-likeness (QED) is 0.669. The number of aromatic nitrogens is 1. The van der Waals surface area contributed by atoms with Crippen LogP contribution in [0, 0.1) is 0 Å². The van der Waals surface area contributed by atoms with Crippen molar-refractivity contribution in [2.75, 3.05) is 0 Å². The zero-order valence-electron chi connectivity index (χ0n) is 8.92. The Hall–Kier alpha value is -0.990. The van der Waals surface area contributed by atoms with Crippen LogP contribution in [0.3, 0.4) is 0 Å². The van der Waals surface area contributed by atoms with E-state index in [1.54, 1.807) is 6.07 Å². The maximum Gasteiger partial charge on any atom is 0.282 e. The van der Waals surface area contributed by atoms with Gasteiger partial charge in [-0.25, -0.2) is 0 Å². The lowest BCUT2D eigenvalue weighted by atomic mass is 9.94. The van der Waals surface area contributed by atoms with Crippen LogP contribution in [0.15, 0.2) is 15.4 Å². The van der Waals surface area contributed by atoms with Gasteiger partial charge in [0, 0.05) is 11.5 Å². The van der Waals surface area contributed by atoms with Gasteiger partial charge in [0.1, 0.15) is 5.76 Å². The van der Waals surface area contributed by atoms with Crippen LogP contribution in [0.2, 0.25) is 0 Å². The highest BCUT2D eigenvalue weighted by Crippen LogP contribution is 2.21. The van der Waals surface area contributed by atoms with E-state index in [1.807, 2.05) is 34.6 Å². The molecule has 0 bridgehead atoms. The van der Waals surface area contributed by atoms with Crippen LogP contribution in [0.1, 0.15) is 46.4 Å². The van der Waals surface area contributed by atoms with Gasteiger partial charge in [-0.15, -0.1) is 0 Å². The second kappa shape index (κ2) is 3.05. The summed E-state index contributed by atoms with van der Waals surface area (Å²) in [4.78, 5) is 11.4. The molecule has 0 aliphatic carbocycles. The maximum atomic E-state index is 11.4. The van der Waals surface area contributed by atoms with Gasteiger partial charge in [0.15, 0.2) is 0 Å². The van der Waals surface area contributed by atoms with E-state index in [9.17, 15) is 4.79 Å². The smallest absolute Gasteiger partial charge is 0.282 e. The molecule has 3 nitrogen and oxygen atoms in total. The standard InChI is InChI=1S/C10H17NO2/c1-7(2)11-9(12)6-8(13-11)10(3,4)5/h6-7H,1-5H3. The summed E-state index contributed by atoms with van der Waals surface area (Å²) in [5, 5.41) is 0. The van der Waals surface area contributed by atoms with E-state index >= 15 is 0 Å². The first-order valence-corrected chi connectivity index (χ1v) is 4.55. The first kappa shape index (κ1) is 10.1. The molecule has 0 N–H and O–H groups in total. The predicted molar refractivity (Wildman–Crippen MR) is 52.1 cm³/mol. The van der Waals surface area contributed by atoms with Crippen LogP contribution < -0.4 is 5.56 Å². The second-order valence-corrected chi connectivity index (χ2v) is 4.61. The molecule has 3 heteroatoms. The topological polar surface area (TPSA) is 35.1 Å². The van der Waals surface area contributed by atoms with Gasteiger partial charge in [0.05, 0.1) is 6.04 Å². The fourth-order valence-corrected chi connectivity index (χ4v) is 1.07. The Kier molecular flexibility index (Phi) is 2.37. The largest absolute Gasteiger partial charge is 0.380 e. The third kappa shape index (κ3) is 2.02. The van der Waals surface area contributed by atoms with Crippen LogP contribution >= 0.6 is 0 Å². The summed E-state index contributed by atoms with van der Waals surface area (Å²) in [5.41, 5.74) is -0.154. The summed E-state index contributed by atoms with van der Waals surface area (Å²) < 4.78 is 6.85. The zero-order chi connectivity index (χ0) is 10.2. The molecule has 0 spiro atoms. The molecule has 1 aromatic heterocycles. The number of hydrogen-bond donors (Lipinski definition) is 0. The molecule has 0 fully saturated rings. The van der Waals surface area contributed by atoms with Crippen molar-refractivity contribution in [3.8, 4) is 0 Å². The van der Waals surface area contributed by atoms with E-state index in [4.69, 9.17) is 4.52 Å². The highest BCUT2D eigenvalue weighted by Gasteiger charge is 2.21. The summed E-state index contributed by atoms with van der Waals surface area (Å²) in [7, 11) is 0. The van der Waals surface area contributed by atoms with Crippen molar-refractivity contribution >= 4 is 0 Å². The van der Waals surface area contributed by atoms with Crippen molar-refractivity contribution in [1.82, 2.24) is 4.74 Å². The Morgan fingerprint density at radius 2 is 1.92 bits per heavy atom. The first-order valence-electron chi connectivity index (χ1n) is 4.55. The first-order chi connectivity index (χ1) is 5.82. The Bertz CT molecular complexity index is 339. The minimum atomic E-state index is -0.0979. The van der Waals surface area contributed by atoms with E-state index in [2.05, 4.69) is 0 Å². The Morgan fingerprint density at radius 1 is 1.38 bits per heavy atom. The third-order valence-corrected chi connectivity index (χ3v) is 1.88. The fraction of sp³-hybridized carbons (Fsp3) is 0.700. The predicted octanol–water partition coefficient (Wildman–Crippen LogP) is 2.32. The number of hydrogen-bond acceptors (Lipinski definition) is 2. The van der Waals surface area contributed by atoms with Gasteiger partial charge in [-0.05, 0) is 13.8 Å². The zero-order valence-corrected chi connectivity index (χ0v) is 8.92. The summed E-state index contributed by atoms with van der Waals surface area (Å²) in [5.74, 6) is 0.742. The molecule has 0 aliphatic rings. The SMILES string of the molecule is CC(C)n1oc(C(C)(C)C)cc1=O. The summed E-state index contributed by atoms with van der Waals surface area (Å²) in [6, 6.07) is 1.66. The van der Waals surface area contributed by atoms with Gasteiger partial charge in [0.2, 0.25) is 0 Å². The molecule has 13 heavy (non-hydrogen) atoms. The highest BCUT2D eigenvalue weighted by molar-refractivity contribution is 5.06. The van der Waals surface area contributed by atoms with Crippen LogP contribution in [0.5, 0.6) is 0 Å². The molecule has 0 aromatic carbocycles. The van der Waals surface area contributed by atoms with E-state index in [-0.39, 0.29) is 17.0 Å². The van der Waals surface area contributed by atoms with Crippen LogP contribution in [-0.4, -0.2) is 4.74 Å². The van der Waals surface area contributed by atoms with Gasteiger partial charge in [-0.2, -0.15) is 4.74 Å². The molecule has 0 amide bonds. The van der Waals surface area contributed by atoms with Crippen molar-refractivity contribution in [1.29, 1.82) is 0 Å². The Morgan fingerprint density at radius 3 is 2.15 bits per heavy atom. The average molecular weight is 183 g/mol. The van der Waals surface area contributed by atoms with Crippen molar-refractivity contribution in [3.63, 3.8) is 0 Å². The van der Waals surface area contributed by atoms with Crippen LogP contribution in [0.25, 0.3) is 0 Å². The van der Waals surface area contributed by atoms with Crippen LogP contribution in [-0.2, 0) is 5.41 Å². The Labute approximate surface area is 78.3 Å². The second-order valence-electron chi connectivity index (χ2n) is 4.61. The maximum absolute atomic E-state index is 11.4. The van der Waals surface area contributed by atoms with Crippen LogP contribution in [0.4, 0.5) is 0 Å². The molecule has 0 saturated carbocycles. The minimum Gasteiger partial charge on any atom is -0.380 e. The van der Waals surface area contributed by atoms with Gasteiger partial charge >= 0.3 is 0 Å².